The molecular formula is C28H27NO4. The first-order chi connectivity index (χ1) is 16.1. The lowest BCUT2D eigenvalue weighted by Crippen LogP contribution is -2.41. The molecule has 0 aliphatic heterocycles. The summed E-state index contributed by atoms with van der Waals surface area (Å²) in [6.45, 7) is 0.164. The average Bonchev–Trinajstić information content (AvgIpc) is 3.42. The fraction of sp³-hybridized carbons (Fsp3) is 0.286. The molecule has 5 rings (SSSR count). The Morgan fingerprint density at radius 1 is 0.939 bits per heavy atom. The smallest absolute Gasteiger partial charge is 0.407 e. The lowest BCUT2D eigenvalue weighted by atomic mass is 9.98. The predicted octanol–water partition coefficient (Wildman–Crippen LogP) is 5.10. The van der Waals surface area contributed by atoms with Crippen molar-refractivity contribution < 1.29 is 19.4 Å². The molecule has 0 saturated heterocycles. The molecule has 0 bridgehead atoms. The summed E-state index contributed by atoms with van der Waals surface area (Å²) < 4.78 is 5.52. The van der Waals surface area contributed by atoms with Gasteiger partial charge in [-0.25, -0.2) is 9.59 Å². The summed E-state index contributed by atoms with van der Waals surface area (Å²) in [4.78, 5) is 24.3. The summed E-state index contributed by atoms with van der Waals surface area (Å²) >= 11 is 0. The van der Waals surface area contributed by atoms with Gasteiger partial charge in [-0.2, -0.15) is 0 Å². The molecule has 3 aromatic carbocycles. The highest BCUT2D eigenvalue weighted by Gasteiger charge is 2.29. The van der Waals surface area contributed by atoms with Gasteiger partial charge in [-0.3, -0.25) is 0 Å². The quantitative estimate of drug-likeness (QED) is 0.535. The number of fused-ring (bicyclic) bond motifs is 4. The van der Waals surface area contributed by atoms with Crippen LogP contribution in [0.2, 0.25) is 0 Å². The van der Waals surface area contributed by atoms with Crippen molar-refractivity contribution in [1.29, 1.82) is 0 Å². The Kier molecular flexibility index (Phi) is 5.86. The number of alkyl carbamates (subject to hydrolysis) is 1. The zero-order chi connectivity index (χ0) is 22.8. The molecule has 3 aromatic rings. The molecular weight excluding hydrogens is 414 g/mol. The van der Waals surface area contributed by atoms with Crippen LogP contribution in [0, 0.1) is 0 Å². The topological polar surface area (TPSA) is 75.6 Å². The number of hydrogen-bond donors (Lipinski definition) is 2. The largest absolute Gasteiger partial charge is 0.480 e. The van der Waals surface area contributed by atoms with Crippen molar-refractivity contribution >= 4 is 12.1 Å². The summed E-state index contributed by atoms with van der Waals surface area (Å²) in [6, 6.07) is 21.6. The first kappa shape index (κ1) is 21.3. The van der Waals surface area contributed by atoms with Crippen molar-refractivity contribution in [3.63, 3.8) is 0 Å². The fourth-order valence-corrected chi connectivity index (χ4v) is 5.13. The third-order valence-electron chi connectivity index (χ3n) is 6.82. The highest BCUT2D eigenvalue weighted by molar-refractivity contribution is 5.81. The van der Waals surface area contributed by atoms with Crippen molar-refractivity contribution in [2.75, 3.05) is 6.61 Å². The van der Waals surface area contributed by atoms with Gasteiger partial charge < -0.3 is 15.2 Å². The number of benzene rings is 3. The number of carbonyl (C=O) groups is 2. The Labute approximate surface area is 193 Å². The molecule has 0 aromatic heterocycles. The second kappa shape index (κ2) is 9.10. The van der Waals surface area contributed by atoms with Crippen LogP contribution in [-0.2, 0) is 28.8 Å². The van der Waals surface area contributed by atoms with Gasteiger partial charge in [0.05, 0.1) is 0 Å². The summed E-state index contributed by atoms with van der Waals surface area (Å²) in [5.41, 5.74) is 8.42. The van der Waals surface area contributed by atoms with E-state index in [2.05, 4.69) is 47.8 Å². The van der Waals surface area contributed by atoms with E-state index in [0.29, 0.717) is 12.8 Å². The Morgan fingerprint density at radius 2 is 1.61 bits per heavy atom. The van der Waals surface area contributed by atoms with E-state index in [-0.39, 0.29) is 12.5 Å². The first-order valence-electron chi connectivity index (χ1n) is 11.5. The SMILES string of the molecule is O=C(N[C@H](CCc1ccc2c(c1)CCC2)C(=O)O)OCC1c2ccccc2-c2ccccc21. The van der Waals surface area contributed by atoms with Crippen LogP contribution in [0.15, 0.2) is 66.7 Å². The lowest BCUT2D eigenvalue weighted by molar-refractivity contribution is -0.139. The monoisotopic (exact) mass is 441 g/mol. The third-order valence-corrected chi connectivity index (χ3v) is 6.82. The van der Waals surface area contributed by atoms with Gasteiger partial charge in [-0.1, -0.05) is 66.7 Å². The zero-order valence-corrected chi connectivity index (χ0v) is 18.4. The number of ether oxygens (including phenoxy) is 1. The Morgan fingerprint density at radius 3 is 2.30 bits per heavy atom. The molecule has 2 aliphatic carbocycles. The minimum absolute atomic E-state index is 0.0576. The van der Waals surface area contributed by atoms with E-state index in [0.717, 1.165) is 40.7 Å². The number of hydrogen-bond acceptors (Lipinski definition) is 3. The van der Waals surface area contributed by atoms with Gasteiger partial charge in [0.15, 0.2) is 0 Å². The minimum atomic E-state index is -1.05. The molecule has 0 spiro atoms. The number of carboxylic acid groups (broad SMARTS) is 1. The Hall–Kier alpha value is -3.60. The van der Waals surface area contributed by atoms with Crippen LogP contribution in [0.1, 0.15) is 46.6 Å². The van der Waals surface area contributed by atoms with Gasteiger partial charge in [0.2, 0.25) is 0 Å². The molecule has 0 unspecified atom stereocenters. The molecule has 33 heavy (non-hydrogen) atoms. The molecule has 5 nitrogen and oxygen atoms in total. The van der Waals surface area contributed by atoms with Crippen LogP contribution < -0.4 is 5.32 Å². The second-order valence-electron chi connectivity index (χ2n) is 8.86. The van der Waals surface area contributed by atoms with E-state index in [1.165, 1.54) is 17.5 Å². The van der Waals surface area contributed by atoms with Crippen molar-refractivity contribution in [1.82, 2.24) is 5.32 Å². The van der Waals surface area contributed by atoms with E-state index in [1.54, 1.807) is 0 Å². The molecule has 0 radical (unpaired) electrons. The van der Waals surface area contributed by atoms with Crippen molar-refractivity contribution in [3.8, 4) is 11.1 Å². The molecule has 2 aliphatic rings. The van der Waals surface area contributed by atoms with Crippen molar-refractivity contribution in [2.24, 2.45) is 0 Å². The molecule has 5 heteroatoms. The molecule has 2 N–H and O–H groups in total. The summed E-state index contributed by atoms with van der Waals surface area (Å²) in [6.07, 6.45) is 3.60. The van der Waals surface area contributed by atoms with E-state index >= 15 is 0 Å². The van der Waals surface area contributed by atoms with Gasteiger partial charge in [0.25, 0.3) is 0 Å². The Balaban J connectivity index is 1.20. The summed E-state index contributed by atoms with van der Waals surface area (Å²) in [5.74, 6) is -1.11. The average molecular weight is 442 g/mol. The number of carbonyl (C=O) groups excluding carboxylic acids is 1. The number of rotatable bonds is 7. The highest BCUT2D eigenvalue weighted by Crippen LogP contribution is 2.44. The maximum absolute atomic E-state index is 12.5. The van der Waals surface area contributed by atoms with Gasteiger partial charge in [0, 0.05) is 5.92 Å². The molecule has 0 fully saturated rings. The van der Waals surface area contributed by atoms with E-state index in [9.17, 15) is 14.7 Å². The predicted molar refractivity (Wildman–Crippen MR) is 126 cm³/mol. The molecule has 0 heterocycles. The molecule has 0 saturated carbocycles. The molecule has 1 amide bonds. The van der Waals surface area contributed by atoms with E-state index < -0.39 is 18.1 Å². The van der Waals surface area contributed by atoms with Crippen LogP contribution in [0.4, 0.5) is 4.79 Å². The summed E-state index contributed by atoms with van der Waals surface area (Å²) in [7, 11) is 0. The van der Waals surface area contributed by atoms with Crippen LogP contribution >= 0.6 is 0 Å². The van der Waals surface area contributed by atoms with E-state index in [4.69, 9.17) is 4.74 Å². The van der Waals surface area contributed by atoms with Crippen LogP contribution in [0.5, 0.6) is 0 Å². The lowest BCUT2D eigenvalue weighted by Gasteiger charge is -2.17. The maximum Gasteiger partial charge on any atom is 0.407 e. The van der Waals surface area contributed by atoms with Crippen molar-refractivity contribution in [3.05, 3.63) is 94.5 Å². The van der Waals surface area contributed by atoms with Gasteiger partial charge in [-0.05, 0) is 71.0 Å². The van der Waals surface area contributed by atoms with Gasteiger partial charge >= 0.3 is 12.1 Å². The highest BCUT2D eigenvalue weighted by atomic mass is 16.5. The first-order valence-corrected chi connectivity index (χ1v) is 11.5. The molecule has 1 atom stereocenters. The van der Waals surface area contributed by atoms with Crippen LogP contribution in [0.3, 0.4) is 0 Å². The zero-order valence-electron chi connectivity index (χ0n) is 18.4. The van der Waals surface area contributed by atoms with Crippen LogP contribution in [-0.4, -0.2) is 29.8 Å². The molecule has 168 valence electrons. The second-order valence-corrected chi connectivity index (χ2v) is 8.86. The van der Waals surface area contributed by atoms with Crippen molar-refractivity contribution in [2.45, 2.75) is 44.1 Å². The normalized spacial score (nSPS) is 14.8. The number of aliphatic carboxylic acids is 1. The van der Waals surface area contributed by atoms with Gasteiger partial charge in [0.1, 0.15) is 12.6 Å². The van der Waals surface area contributed by atoms with E-state index in [1.807, 2.05) is 24.3 Å². The number of amides is 1. The Bertz CT molecular complexity index is 1160. The maximum atomic E-state index is 12.5. The fourth-order valence-electron chi connectivity index (χ4n) is 5.13. The number of carboxylic acids is 1. The van der Waals surface area contributed by atoms with Gasteiger partial charge in [-0.15, -0.1) is 0 Å². The number of nitrogens with one attached hydrogen (secondary N) is 1. The minimum Gasteiger partial charge on any atom is -0.480 e. The van der Waals surface area contributed by atoms with Crippen LogP contribution in [0.25, 0.3) is 11.1 Å². The third kappa shape index (κ3) is 4.36. The summed E-state index contributed by atoms with van der Waals surface area (Å²) in [5, 5.41) is 12.2. The number of aryl methyl sites for hydroxylation is 3. The standard InChI is InChI=1S/C28H27NO4/c30-27(31)26(15-13-18-12-14-19-6-5-7-20(19)16-18)29-28(32)33-17-25-23-10-3-1-8-21(23)22-9-2-4-11-24(22)25/h1-4,8-12,14,16,25-26H,5-7,13,15,17H2,(H,29,32)(H,30,31)/t26-/m1/s1.